The molecule has 0 aliphatic carbocycles. The monoisotopic (exact) mass is 269 g/mol. The number of halogens is 1. The van der Waals surface area contributed by atoms with Gasteiger partial charge in [0.25, 0.3) is 0 Å². The van der Waals surface area contributed by atoms with E-state index in [1.165, 1.54) is 6.07 Å². The fourth-order valence-electron chi connectivity index (χ4n) is 1.82. The summed E-state index contributed by atoms with van der Waals surface area (Å²) < 4.78 is 21.0. The molecule has 1 aliphatic heterocycles. The third kappa shape index (κ3) is 3.80. The van der Waals surface area contributed by atoms with Crippen LogP contribution in [0.25, 0.3) is 0 Å². The number of benzene rings is 1. The molecule has 0 spiro atoms. The van der Waals surface area contributed by atoms with Crippen LogP contribution in [0.1, 0.15) is 12.0 Å². The predicted molar refractivity (Wildman–Crippen MR) is 69.0 cm³/mol. The van der Waals surface area contributed by atoms with Gasteiger partial charge in [-0.05, 0) is 42.1 Å². The van der Waals surface area contributed by atoms with Crippen molar-refractivity contribution in [3.8, 4) is 0 Å². The SMILES string of the molecule is O=CCc1cc(SN2CCCOCC2)ccc1F. The van der Waals surface area contributed by atoms with E-state index in [-0.39, 0.29) is 12.2 Å². The molecule has 0 N–H and O–H groups in total. The quantitative estimate of drug-likeness (QED) is 0.619. The van der Waals surface area contributed by atoms with Crippen molar-refractivity contribution in [2.45, 2.75) is 17.7 Å². The minimum atomic E-state index is -0.314. The topological polar surface area (TPSA) is 29.5 Å². The van der Waals surface area contributed by atoms with E-state index in [1.807, 2.05) is 0 Å². The van der Waals surface area contributed by atoms with Gasteiger partial charge in [0.15, 0.2) is 0 Å². The van der Waals surface area contributed by atoms with E-state index < -0.39 is 0 Å². The van der Waals surface area contributed by atoms with Crippen LogP contribution in [0.2, 0.25) is 0 Å². The Bertz CT molecular complexity index is 406. The summed E-state index contributed by atoms with van der Waals surface area (Å²) in [7, 11) is 0. The number of rotatable bonds is 4. The molecule has 3 nitrogen and oxygen atoms in total. The lowest BCUT2D eigenvalue weighted by Gasteiger charge is -2.17. The van der Waals surface area contributed by atoms with E-state index in [9.17, 15) is 9.18 Å². The first-order valence-electron chi connectivity index (χ1n) is 6.02. The third-order valence-electron chi connectivity index (χ3n) is 2.74. The molecule has 0 radical (unpaired) electrons. The standard InChI is InChI=1S/C13H16FNO2S/c14-13-3-2-12(10-11(13)4-7-16)18-15-5-1-8-17-9-6-15/h2-3,7,10H,1,4-6,8-9H2. The average molecular weight is 269 g/mol. The number of nitrogens with zero attached hydrogens (tertiary/aromatic N) is 1. The average Bonchev–Trinajstić information content (AvgIpc) is 2.62. The summed E-state index contributed by atoms with van der Waals surface area (Å²) >= 11 is 1.60. The van der Waals surface area contributed by atoms with Gasteiger partial charge in [0, 0.05) is 31.0 Å². The molecular formula is C13H16FNO2S. The fraction of sp³-hybridized carbons (Fsp3) is 0.462. The number of carbonyl (C=O) groups is 1. The lowest BCUT2D eigenvalue weighted by atomic mass is 10.1. The number of aldehydes is 1. The van der Waals surface area contributed by atoms with Gasteiger partial charge < -0.3 is 9.53 Å². The Morgan fingerprint density at radius 2 is 2.28 bits per heavy atom. The van der Waals surface area contributed by atoms with Crippen molar-refractivity contribution in [2.75, 3.05) is 26.3 Å². The van der Waals surface area contributed by atoms with Crippen molar-refractivity contribution in [2.24, 2.45) is 0 Å². The van der Waals surface area contributed by atoms with E-state index in [0.717, 1.165) is 43.9 Å². The highest BCUT2D eigenvalue weighted by molar-refractivity contribution is 7.97. The minimum Gasteiger partial charge on any atom is -0.380 e. The summed E-state index contributed by atoms with van der Waals surface area (Å²) in [4.78, 5) is 11.4. The first-order valence-corrected chi connectivity index (χ1v) is 6.79. The first-order chi connectivity index (χ1) is 8.79. The Balaban J connectivity index is 2.03. The third-order valence-corrected chi connectivity index (χ3v) is 3.82. The second kappa shape index (κ2) is 6.87. The van der Waals surface area contributed by atoms with Crippen LogP contribution in [-0.2, 0) is 16.0 Å². The summed E-state index contributed by atoms with van der Waals surface area (Å²) in [5, 5.41) is 0. The Morgan fingerprint density at radius 3 is 3.11 bits per heavy atom. The molecule has 0 bridgehead atoms. The van der Waals surface area contributed by atoms with Crippen molar-refractivity contribution < 1.29 is 13.9 Å². The molecule has 1 aromatic carbocycles. The molecule has 98 valence electrons. The van der Waals surface area contributed by atoms with E-state index >= 15 is 0 Å². The smallest absolute Gasteiger partial charge is 0.126 e. The second-order valence-corrected chi connectivity index (χ2v) is 5.28. The maximum Gasteiger partial charge on any atom is 0.126 e. The maximum absolute atomic E-state index is 13.4. The number of carbonyl (C=O) groups excluding carboxylic acids is 1. The molecule has 1 aromatic rings. The molecule has 1 aliphatic rings. The zero-order chi connectivity index (χ0) is 12.8. The van der Waals surface area contributed by atoms with Crippen molar-refractivity contribution >= 4 is 18.2 Å². The van der Waals surface area contributed by atoms with Gasteiger partial charge in [0.1, 0.15) is 12.1 Å². The first kappa shape index (κ1) is 13.5. The molecule has 0 amide bonds. The maximum atomic E-state index is 13.4. The molecule has 1 saturated heterocycles. The summed E-state index contributed by atoms with van der Waals surface area (Å²) in [5.74, 6) is -0.314. The number of hydrogen-bond donors (Lipinski definition) is 0. The Kier molecular flexibility index (Phi) is 5.16. The van der Waals surface area contributed by atoms with Gasteiger partial charge in [-0.3, -0.25) is 0 Å². The van der Waals surface area contributed by atoms with E-state index in [4.69, 9.17) is 4.74 Å². The zero-order valence-electron chi connectivity index (χ0n) is 10.1. The van der Waals surface area contributed by atoms with Crippen LogP contribution in [0.4, 0.5) is 4.39 Å². The predicted octanol–water partition coefficient (Wildman–Crippen LogP) is 2.30. The van der Waals surface area contributed by atoms with Crippen molar-refractivity contribution in [3.63, 3.8) is 0 Å². The van der Waals surface area contributed by atoms with Crippen LogP contribution in [-0.4, -0.2) is 36.9 Å². The lowest BCUT2D eigenvalue weighted by molar-refractivity contribution is -0.107. The van der Waals surface area contributed by atoms with E-state index in [0.29, 0.717) is 5.56 Å². The zero-order valence-corrected chi connectivity index (χ0v) is 10.9. The summed E-state index contributed by atoms with van der Waals surface area (Å²) in [6.45, 7) is 3.36. The number of hydrogen-bond acceptors (Lipinski definition) is 4. The van der Waals surface area contributed by atoms with Gasteiger partial charge >= 0.3 is 0 Å². The van der Waals surface area contributed by atoms with Crippen molar-refractivity contribution in [1.29, 1.82) is 0 Å². The van der Waals surface area contributed by atoms with Gasteiger partial charge in [-0.25, -0.2) is 8.70 Å². The van der Waals surface area contributed by atoms with Crippen LogP contribution in [0, 0.1) is 5.82 Å². The van der Waals surface area contributed by atoms with Crippen molar-refractivity contribution in [1.82, 2.24) is 4.31 Å². The molecule has 1 fully saturated rings. The van der Waals surface area contributed by atoms with Crippen LogP contribution in [0.15, 0.2) is 23.1 Å². The summed E-state index contributed by atoms with van der Waals surface area (Å²) in [6, 6.07) is 4.93. The van der Waals surface area contributed by atoms with Crippen LogP contribution < -0.4 is 0 Å². The highest BCUT2D eigenvalue weighted by Crippen LogP contribution is 2.25. The van der Waals surface area contributed by atoms with Gasteiger partial charge in [0.2, 0.25) is 0 Å². The largest absolute Gasteiger partial charge is 0.380 e. The molecule has 5 heteroatoms. The molecular weight excluding hydrogens is 253 g/mol. The Hall–Kier alpha value is -0.910. The molecule has 18 heavy (non-hydrogen) atoms. The van der Waals surface area contributed by atoms with E-state index in [2.05, 4.69) is 4.31 Å². The second-order valence-electron chi connectivity index (χ2n) is 4.11. The van der Waals surface area contributed by atoms with Gasteiger partial charge in [-0.15, -0.1) is 0 Å². The fourth-order valence-corrected chi connectivity index (χ4v) is 2.83. The molecule has 0 aromatic heterocycles. The molecule has 0 saturated carbocycles. The van der Waals surface area contributed by atoms with Gasteiger partial charge in [0.05, 0.1) is 6.61 Å². The lowest BCUT2D eigenvalue weighted by Crippen LogP contribution is -2.18. The van der Waals surface area contributed by atoms with Gasteiger partial charge in [-0.2, -0.15) is 0 Å². The highest BCUT2D eigenvalue weighted by atomic mass is 32.2. The minimum absolute atomic E-state index is 0.128. The van der Waals surface area contributed by atoms with Gasteiger partial charge in [-0.1, -0.05) is 0 Å². The number of ether oxygens (including phenoxy) is 1. The summed E-state index contributed by atoms with van der Waals surface area (Å²) in [6.07, 6.45) is 1.87. The van der Waals surface area contributed by atoms with Crippen LogP contribution in [0.3, 0.4) is 0 Å². The van der Waals surface area contributed by atoms with Crippen LogP contribution >= 0.6 is 11.9 Å². The Labute approximate surface area is 110 Å². The summed E-state index contributed by atoms with van der Waals surface area (Å²) in [5.41, 5.74) is 0.459. The Morgan fingerprint density at radius 1 is 1.39 bits per heavy atom. The molecule has 0 atom stereocenters. The van der Waals surface area contributed by atoms with E-state index in [1.54, 1.807) is 24.1 Å². The molecule has 1 heterocycles. The molecule has 2 rings (SSSR count). The van der Waals surface area contributed by atoms with Crippen LogP contribution in [0.5, 0.6) is 0 Å². The normalized spacial score (nSPS) is 17.4. The van der Waals surface area contributed by atoms with Crippen molar-refractivity contribution in [3.05, 3.63) is 29.6 Å². The molecule has 0 unspecified atom stereocenters. The highest BCUT2D eigenvalue weighted by Gasteiger charge is 2.11.